The molecule has 0 N–H and O–H groups in total. The molecule has 0 aliphatic heterocycles. The maximum absolute atomic E-state index is 5.82. The first-order chi connectivity index (χ1) is 11.7. The lowest BCUT2D eigenvalue weighted by atomic mass is 10.1. The summed E-state index contributed by atoms with van der Waals surface area (Å²) in [4.78, 5) is 0. The molecular formula is C22H24O2. The molecule has 1 atom stereocenters. The number of methoxy groups -OCH3 is 1. The van der Waals surface area contributed by atoms with Gasteiger partial charge in [-0.3, -0.25) is 0 Å². The molecule has 0 bridgehead atoms. The summed E-state index contributed by atoms with van der Waals surface area (Å²) in [7, 11) is 1.67. The molecule has 0 aromatic heterocycles. The van der Waals surface area contributed by atoms with Gasteiger partial charge in [0, 0.05) is 5.56 Å². The minimum absolute atomic E-state index is 0.0922. The summed E-state index contributed by atoms with van der Waals surface area (Å²) in [6.07, 6.45) is 4.10. The van der Waals surface area contributed by atoms with E-state index in [4.69, 9.17) is 9.47 Å². The van der Waals surface area contributed by atoms with Gasteiger partial charge in [0.2, 0.25) is 0 Å². The maximum Gasteiger partial charge on any atom is 0.118 e. The van der Waals surface area contributed by atoms with Crippen LogP contribution in [-0.2, 0) is 11.3 Å². The molecule has 0 aliphatic carbocycles. The summed E-state index contributed by atoms with van der Waals surface area (Å²) < 4.78 is 11.0. The molecule has 0 saturated carbocycles. The fourth-order valence-corrected chi connectivity index (χ4v) is 2.22. The highest BCUT2D eigenvalue weighted by molar-refractivity contribution is 5.36. The van der Waals surface area contributed by atoms with Gasteiger partial charge < -0.3 is 9.47 Å². The van der Waals surface area contributed by atoms with Crippen molar-refractivity contribution in [3.05, 3.63) is 77.4 Å². The van der Waals surface area contributed by atoms with Crippen LogP contribution in [0.3, 0.4) is 0 Å². The first-order valence-electron chi connectivity index (χ1n) is 8.13. The zero-order chi connectivity index (χ0) is 17.2. The van der Waals surface area contributed by atoms with Gasteiger partial charge in [-0.2, -0.15) is 0 Å². The molecule has 2 aromatic rings. The van der Waals surface area contributed by atoms with Crippen molar-refractivity contribution in [2.45, 2.75) is 20.5 Å². The molecule has 2 rings (SSSR count). The van der Waals surface area contributed by atoms with Crippen LogP contribution in [0.15, 0.2) is 60.7 Å². The van der Waals surface area contributed by atoms with Crippen molar-refractivity contribution in [3.63, 3.8) is 0 Å². The number of aryl methyl sites for hydroxylation is 1. The summed E-state index contributed by atoms with van der Waals surface area (Å²) in [5, 5.41) is 0. The van der Waals surface area contributed by atoms with E-state index >= 15 is 0 Å². The maximum atomic E-state index is 5.82. The molecule has 0 unspecified atom stereocenters. The van der Waals surface area contributed by atoms with Crippen molar-refractivity contribution < 1.29 is 9.47 Å². The van der Waals surface area contributed by atoms with Crippen LogP contribution in [0.2, 0.25) is 0 Å². The molecule has 2 aromatic carbocycles. The fraction of sp³-hybridized carbons (Fsp3) is 0.273. The van der Waals surface area contributed by atoms with Crippen molar-refractivity contribution in [2.24, 2.45) is 5.92 Å². The van der Waals surface area contributed by atoms with E-state index in [1.54, 1.807) is 7.11 Å². The summed E-state index contributed by atoms with van der Waals surface area (Å²) in [5.74, 6) is 7.45. The van der Waals surface area contributed by atoms with E-state index in [2.05, 4.69) is 37.0 Å². The van der Waals surface area contributed by atoms with E-state index in [1.165, 1.54) is 5.56 Å². The highest BCUT2D eigenvalue weighted by Crippen LogP contribution is 2.12. The number of rotatable bonds is 6. The lowest BCUT2D eigenvalue weighted by molar-refractivity contribution is 0.111. The minimum Gasteiger partial charge on any atom is -0.497 e. The van der Waals surface area contributed by atoms with Crippen molar-refractivity contribution in [1.29, 1.82) is 0 Å². The van der Waals surface area contributed by atoms with E-state index in [9.17, 15) is 0 Å². The molecule has 0 spiro atoms. The van der Waals surface area contributed by atoms with Gasteiger partial charge in [0.05, 0.1) is 26.2 Å². The molecule has 124 valence electrons. The Morgan fingerprint density at radius 3 is 2.38 bits per heavy atom. The Balaban J connectivity index is 1.90. The lowest BCUT2D eigenvalue weighted by Crippen LogP contribution is -2.05. The summed E-state index contributed by atoms with van der Waals surface area (Å²) >= 11 is 0. The molecule has 0 fully saturated rings. The van der Waals surface area contributed by atoms with Crippen molar-refractivity contribution in [2.75, 3.05) is 13.7 Å². The highest BCUT2D eigenvalue weighted by atomic mass is 16.5. The second-order valence-corrected chi connectivity index (χ2v) is 5.63. The SMILES string of the molecule is C/C=C/[C@@H](C#Cc1ccc(C)cc1)COCc1ccc(OC)cc1. The van der Waals surface area contributed by atoms with E-state index in [1.807, 2.05) is 49.4 Å². The van der Waals surface area contributed by atoms with Crippen molar-refractivity contribution in [3.8, 4) is 17.6 Å². The molecule has 0 radical (unpaired) electrons. The largest absolute Gasteiger partial charge is 0.497 e. The normalized spacial score (nSPS) is 11.8. The Labute approximate surface area is 145 Å². The Kier molecular flexibility index (Phi) is 7.14. The van der Waals surface area contributed by atoms with Crippen LogP contribution in [-0.4, -0.2) is 13.7 Å². The number of hydrogen-bond donors (Lipinski definition) is 0. The predicted molar refractivity (Wildman–Crippen MR) is 99.0 cm³/mol. The molecule has 0 aliphatic rings. The van der Waals surface area contributed by atoms with E-state index in [0.717, 1.165) is 16.9 Å². The first kappa shape index (κ1) is 17.8. The zero-order valence-corrected chi connectivity index (χ0v) is 14.6. The zero-order valence-electron chi connectivity index (χ0n) is 14.6. The minimum atomic E-state index is 0.0922. The van der Waals surface area contributed by atoms with Gasteiger partial charge in [0.25, 0.3) is 0 Å². The van der Waals surface area contributed by atoms with Crippen LogP contribution in [0, 0.1) is 24.7 Å². The third kappa shape index (κ3) is 5.95. The van der Waals surface area contributed by atoms with Crippen LogP contribution in [0.1, 0.15) is 23.6 Å². The van der Waals surface area contributed by atoms with E-state index in [0.29, 0.717) is 13.2 Å². The average molecular weight is 320 g/mol. The van der Waals surface area contributed by atoms with Gasteiger partial charge in [0.1, 0.15) is 5.75 Å². The Bertz CT molecular complexity index is 700. The van der Waals surface area contributed by atoms with Crippen molar-refractivity contribution >= 4 is 0 Å². The van der Waals surface area contributed by atoms with E-state index < -0.39 is 0 Å². The topological polar surface area (TPSA) is 18.5 Å². The first-order valence-corrected chi connectivity index (χ1v) is 8.13. The number of hydrogen-bond acceptors (Lipinski definition) is 2. The predicted octanol–water partition coefficient (Wildman–Crippen LogP) is 4.76. The van der Waals surface area contributed by atoms with Gasteiger partial charge in [-0.25, -0.2) is 0 Å². The van der Waals surface area contributed by atoms with Crippen molar-refractivity contribution in [1.82, 2.24) is 0 Å². The van der Waals surface area contributed by atoms with Crippen LogP contribution < -0.4 is 4.74 Å². The smallest absolute Gasteiger partial charge is 0.118 e. The fourth-order valence-electron chi connectivity index (χ4n) is 2.22. The van der Waals surface area contributed by atoms with Gasteiger partial charge in [-0.1, -0.05) is 53.8 Å². The molecule has 2 nitrogen and oxygen atoms in total. The summed E-state index contributed by atoms with van der Waals surface area (Å²) in [5.41, 5.74) is 3.40. The average Bonchev–Trinajstić information content (AvgIpc) is 2.61. The number of allylic oxidation sites excluding steroid dienone is 1. The molecule has 0 amide bonds. The van der Waals surface area contributed by atoms with Crippen LogP contribution >= 0.6 is 0 Å². The van der Waals surface area contributed by atoms with Gasteiger partial charge >= 0.3 is 0 Å². The quantitative estimate of drug-likeness (QED) is 0.564. The second kappa shape index (κ2) is 9.60. The number of ether oxygens (including phenoxy) is 2. The van der Waals surface area contributed by atoms with Gasteiger partial charge in [-0.05, 0) is 43.7 Å². The molecule has 0 heterocycles. The van der Waals surface area contributed by atoms with Gasteiger partial charge in [-0.15, -0.1) is 0 Å². The standard InChI is InChI=1S/C22H24O2/c1-4-5-20(11-10-19-8-6-18(2)7-9-19)16-24-17-21-12-14-22(23-3)15-13-21/h4-9,12-15,20H,16-17H2,1-3H3/b5-4+/t20-/m0/s1. The Hall–Kier alpha value is -2.50. The van der Waals surface area contributed by atoms with Crippen LogP contribution in [0.25, 0.3) is 0 Å². The Morgan fingerprint density at radius 2 is 1.75 bits per heavy atom. The second-order valence-electron chi connectivity index (χ2n) is 5.63. The summed E-state index contributed by atoms with van der Waals surface area (Å²) in [6.45, 7) is 5.23. The molecular weight excluding hydrogens is 296 g/mol. The Morgan fingerprint density at radius 1 is 1.04 bits per heavy atom. The third-order valence-electron chi connectivity index (χ3n) is 3.60. The number of benzene rings is 2. The molecule has 24 heavy (non-hydrogen) atoms. The van der Waals surface area contributed by atoms with Crippen LogP contribution in [0.4, 0.5) is 0 Å². The lowest BCUT2D eigenvalue weighted by Gasteiger charge is -2.08. The summed E-state index contributed by atoms with van der Waals surface area (Å²) in [6, 6.07) is 16.2. The molecule has 2 heteroatoms. The van der Waals surface area contributed by atoms with Gasteiger partial charge in [0.15, 0.2) is 0 Å². The highest BCUT2D eigenvalue weighted by Gasteiger charge is 2.02. The van der Waals surface area contributed by atoms with Crippen LogP contribution in [0.5, 0.6) is 5.75 Å². The van der Waals surface area contributed by atoms with E-state index in [-0.39, 0.29) is 5.92 Å². The third-order valence-corrected chi connectivity index (χ3v) is 3.60. The molecule has 0 saturated heterocycles. The monoisotopic (exact) mass is 320 g/mol.